The minimum atomic E-state index is 0.147. The third kappa shape index (κ3) is 5.20. The monoisotopic (exact) mass is 592 g/mol. The van der Waals surface area contributed by atoms with Crippen LogP contribution in [0.3, 0.4) is 0 Å². The lowest BCUT2D eigenvalue weighted by Gasteiger charge is -2.20. The van der Waals surface area contributed by atoms with E-state index < -0.39 is 0 Å². The zero-order valence-electron chi connectivity index (χ0n) is 24.6. The summed E-state index contributed by atoms with van der Waals surface area (Å²) >= 11 is 5.65. The van der Waals surface area contributed by atoms with Crippen molar-refractivity contribution >= 4 is 45.0 Å². The lowest BCUT2D eigenvalue weighted by atomic mass is 9.89. The zero-order valence-corrected chi connectivity index (χ0v) is 27.1. The highest BCUT2D eigenvalue weighted by molar-refractivity contribution is 7.28. The topological polar surface area (TPSA) is 25.8 Å². The normalized spacial score (nSPS) is 12.3. The first-order chi connectivity index (χ1) is 19.7. The standard InChI is InChI=1S/C36H36N2S3/c1-7-35(3,4)27-21-19-25(39-27)33-31-32(34(41-33)26-20-22-28(40-26)36(5,6)8-2)38-30(24-17-13-10-14-18-24)29(37-31)23-15-11-9-12-16-23/h9-22H,7-8H2,1-6H3. The van der Waals surface area contributed by atoms with E-state index in [2.05, 4.69) is 126 Å². The summed E-state index contributed by atoms with van der Waals surface area (Å²) in [5.41, 5.74) is 6.32. The Hall–Kier alpha value is -3.12. The van der Waals surface area contributed by atoms with Gasteiger partial charge in [-0.2, -0.15) is 0 Å². The van der Waals surface area contributed by atoms with Gasteiger partial charge in [-0.15, -0.1) is 34.0 Å². The van der Waals surface area contributed by atoms with Gasteiger partial charge in [-0.25, -0.2) is 9.97 Å². The summed E-state index contributed by atoms with van der Waals surface area (Å²) in [7, 11) is 0. The van der Waals surface area contributed by atoms with E-state index >= 15 is 0 Å². The van der Waals surface area contributed by atoms with Crippen molar-refractivity contribution in [2.75, 3.05) is 0 Å². The Kier molecular flexibility index (Phi) is 7.48. The molecule has 2 nitrogen and oxygen atoms in total. The zero-order chi connectivity index (χ0) is 28.8. The molecule has 41 heavy (non-hydrogen) atoms. The van der Waals surface area contributed by atoms with Crippen LogP contribution < -0.4 is 0 Å². The van der Waals surface area contributed by atoms with E-state index in [1.54, 1.807) is 0 Å². The molecule has 0 fully saturated rings. The van der Waals surface area contributed by atoms with Crippen molar-refractivity contribution in [3.05, 3.63) is 94.7 Å². The van der Waals surface area contributed by atoms with Crippen LogP contribution in [0.25, 0.3) is 53.1 Å². The largest absolute Gasteiger partial charge is 0.242 e. The number of aromatic nitrogens is 2. The minimum absolute atomic E-state index is 0.147. The van der Waals surface area contributed by atoms with Crippen LogP contribution in [-0.4, -0.2) is 9.97 Å². The molecule has 6 aromatic rings. The van der Waals surface area contributed by atoms with Gasteiger partial charge in [-0.05, 0) is 47.9 Å². The molecule has 5 heteroatoms. The number of benzene rings is 2. The fraction of sp³-hybridized carbons (Fsp3) is 0.278. The molecule has 0 N–H and O–H groups in total. The smallest absolute Gasteiger partial charge is 0.110 e. The minimum Gasteiger partial charge on any atom is -0.242 e. The Morgan fingerprint density at radius 1 is 0.512 bits per heavy atom. The van der Waals surface area contributed by atoms with Gasteiger partial charge in [0, 0.05) is 30.6 Å². The first-order valence-electron chi connectivity index (χ1n) is 14.4. The Balaban J connectivity index is 1.64. The number of fused-ring (bicyclic) bond motifs is 1. The van der Waals surface area contributed by atoms with Gasteiger partial charge in [0.05, 0.1) is 21.1 Å². The Labute approximate surface area is 255 Å². The summed E-state index contributed by atoms with van der Waals surface area (Å²) in [5.74, 6) is 0. The highest BCUT2D eigenvalue weighted by Gasteiger charge is 2.27. The van der Waals surface area contributed by atoms with E-state index in [0.29, 0.717) is 0 Å². The molecule has 2 aromatic carbocycles. The molecule has 0 spiro atoms. The van der Waals surface area contributed by atoms with Crippen LogP contribution in [0.4, 0.5) is 0 Å². The molecule has 0 aliphatic rings. The highest BCUT2D eigenvalue weighted by Crippen LogP contribution is 2.49. The fourth-order valence-corrected chi connectivity index (χ4v) is 8.63. The molecule has 0 bridgehead atoms. The van der Waals surface area contributed by atoms with E-state index in [9.17, 15) is 0 Å². The molecular formula is C36H36N2S3. The van der Waals surface area contributed by atoms with Crippen molar-refractivity contribution in [1.29, 1.82) is 0 Å². The van der Waals surface area contributed by atoms with Crippen LogP contribution in [0, 0.1) is 0 Å². The molecule has 4 heterocycles. The fourth-order valence-electron chi connectivity index (χ4n) is 4.88. The van der Waals surface area contributed by atoms with E-state index in [-0.39, 0.29) is 10.8 Å². The molecule has 0 aliphatic carbocycles. The lowest BCUT2D eigenvalue weighted by molar-refractivity contribution is 0.517. The molecule has 0 saturated heterocycles. The number of rotatable bonds is 8. The average Bonchev–Trinajstić information content (AvgIpc) is 3.76. The van der Waals surface area contributed by atoms with Gasteiger partial charge in [0.15, 0.2) is 0 Å². The van der Waals surface area contributed by atoms with Crippen LogP contribution in [0.5, 0.6) is 0 Å². The van der Waals surface area contributed by atoms with Crippen molar-refractivity contribution in [3.63, 3.8) is 0 Å². The van der Waals surface area contributed by atoms with Crippen LogP contribution in [-0.2, 0) is 10.8 Å². The van der Waals surface area contributed by atoms with E-state index in [4.69, 9.17) is 9.97 Å². The van der Waals surface area contributed by atoms with E-state index in [0.717, 1.165) is 46.4 Å². The van der Waals surface area contributed by atoms with Crippen molar-refractivity contribution < 1.29 is 0 Å². The van der Waals surface area contributed by atoms with E-state index in [1.165, 1.54) is 29.3 Å². The molecule has 0 radical (unpaired) electrons. The lowest BCUT2D eigenvalue weighted by Crippen LogP contribution is -2.12. The van der Waals surface area contributed by atoms with Gasteiger partial charge in [-0.1, -0.05) is 102 Å². The summed E-state index contributed by atoms with van der Waals surface area (Å²) in [6.45, 7) is 13.9. The SMILES string of the molecule is CCC(C)(C)c1ccc(-c2sc(-c3ccc(C(C)(C)CC)s3)c3nc(-c4ccccc4)c(-c4ccccc4)nc23)s1. The van der Waals surface area contributed by atoms with Gasteiger partial charge in [-0.3, -0.25) is 0 Å². The maximum Gasteiger partial charge on any atom is 0.110 e. The van der Waals surface area contributed by atoms with Crippen molar-refractivity contribution in [2.24, 2.45) is 0 Å². The van der Waals surface area contributed by atoms with Crippen molar-refractivity contribution in [1.82, 2.24) is 9.97 Å². The van der Waals surface area contributed by atoms with Crippen LogP contribution >= 0.6 is 34.0 Å². The molecule has 0 atom stereocenters. The molecule has 0 aliphatic heterocycles. The Bertz CT molecular complexity index is 1670. The van der Waals surface area contributed by atoms with Crippen molar-refractivity contribution in [3.8, 4) is 42.0 Å². The molecule has 0 amide bonds. The Morgan fingerprint density at radius 2 is 0.902 bits per heavy atom. The van der Waals surface area contributed by atoms with Crippen LogP contribution in [0.2, 0.25) is 0 Å². The van der Waals surface area contributed by atoms with Gasteiger partial charge in [0.1, 0.15) is 11.0 Å². The van der Waals surface area contributed by atoms with Crippen LogP contribution in [0.15, 0.2) is 84.9 Å². The number of hydrogen-bond acceptors (Lipinski definition) is 5. The molecule has 0 saturated carbocycles. The third-order valence-corrected chi connectivity index (χ3v) is 12.8. The average molecular weight is 593 g/mol. The second kappa shape index (κ2) is 10.9. The summed E-state index contributed by atoms with van der Waals surface area (Å²) < 4.78 is 0. The summed E-state index contributed by atoms with van der Waals surface area (Å²) in [6, 6.07) is 30.2. The maximum atomic E-state index is 5.47. The molecule has 208 valence electrons. The molecule has 4 aromatic heterocycles. The maximum absolute atomic E-state index is 5.47. The number of hydrogen-bond donors (Lipinski definition) is 0. The first-order valence-corrected chi connectivity index (χ1v) is 16.8. The Morgan fingerprint density at radius 3 is 1.27 bits per heavy atom. The molecule has 0 unspecified atom stereocenters. The summed E-state index contributed by atoms with van der Waals surface area (Å²) in [5, 5.41) is 0. The molecular weight excluding hydrogens is 557 g/mol. The van der Waals surface area contributed by atoms with Gasteiger partial charge in [0.25, 0.3) is 0 Å². The first kappa shape index (κ1) is 28.0. The van der Waals surface area contributed by atoms with E-state index in [1.807, 2.05) is 34.0 Å². The van der Waals surface area contributed by atoms with Crippen LogP contribution in [0.1, 0.15) is 64.1 Å². The highest BCUT2D eigenvalue weighted by atomic mass is 32.1. The predicted octanol–water partition coefficient (Wildman–Crippen LogP) is 11.9. The van der Waals surface area contributed by atoms with Gasteiger partial charge < -0.3 is 0 Å². The third-order valence-electron chi connectivity index (χ3n) is 8.39. The second-order valence-corrected chi connectivity index (χ2v) is 15.1. The summed E-state index contributed by atoms with van der Waals surface area (Å²) in [6.07, 6.45) is 2.21. The molecule has 6 rings (SSSR count). The van der Waals surface area contributed by atoms with Crippen molar-refractivity contribution in [2.45, 2.75) is 65.2 Å². The van der Waals surface area contributed by atoms with Gasteiger partial charge >= 0.3 is 0 Å². The summed E-state index contributed by atoms with van der Waals surface area (Å²) in [4.78, 5) is 18.7. The quantitative estimate of drug-likeness (QED) is 0.176. The number of thiophene rings is 3. The van der Waals surface area contributed by atoms with Gasteiger partial charge in [0.2, 0.25) is 0 Å². The predicted molar refractivity (Wildman–Crippen MR) is 182 cm³/mol. The second-order valence-electron chi connectivity index (χ2n) is 11.9. The number of nitrogens with zero attached hydrogens (tertiary/aromatic N) is 2.